The smallest absolute Gasteiger partial charge is 0.0900 e. The molecule has 1 aliphatic heterocycles. The highest BCUT2D eigenvalue weighted by atomic mass is 16.5. The number of β-amino-alcohol motifs (C(OH)–C–C–N with tert-alkyl or cyclic N) is 1. The van der Waals surface area contributed by atoms with Gasteiger partial charge in [-0.15, -0.1) is 0 Å². The first-order chi connectivity index (χ1) is 10.2. The predicted molar refractivity (Wildman–Crippen MR) is 85.4 cm³/mol. The number of aliphatic hydroxyl groups is 1. The van der Waals surface area contributed by atoms with E-state index in [1.165, 1.54) is 11.1 Å². The number of benzene rings is 1. The Morgan fingerprint density at radius 2 is 1.71 bits per heavy atom. The summed E-state index contributed by atoms with van der Waals surface area (Å²) in [5.74, 6) is 0. The van der Waals surface area contributed by atoms with Crippen LogP contribution in [0.4, 0.5) is 0 Å². The summed E-state index contributed by atoms with van der Waals surface area (Å²) in [7, 11) is 0. The van der Waals surface area contributed by atoms with Crippen molar-refractivity contribution in [3.05, 3.63) is 35.4 Å². The maximum Gasteiger partial charge on any atom is 0.0900 e. The first-order valence-corrected chi connectivity index (χ1v) is 7.93. The topological polar surface area (TPSA) is 35.9 Å². The van der Waals surface area contributed by atoms with Crippen molar-refractivity contribution in [1.82, 2.24) is 9.80 Å². The van der Waals surface area contributed by atoms with Crippen LogP contribution in [0.15, 0.2) is 24.3 Å². The molecule has 0 radical (unpaired) electrons. The van der Waals surface area contributed by atoms with E-state index in [-0.39, 0.29) is 6.10 Å². The van der Waals surface area contributed by atoms with Gasteiger partial charge in [-0.3, -0.25) is 9.80 Å². The highest BCUT2D eigenvalue weighted by molar-refractivity contribution is 5.21. The average Bonchev–Trinajstić information content (AvgIpc) is 2.49. The third-order valence-corrected chi connectivity index (χ3v) is 3.98. The van der Waals surface area contributed by atoms with E-state index in [0.29, 0.717) is 13.2 Å². The minimum absolute atomic E-state index is 0.367. The van der Waals surface area contributed by atoms with E-state index in [2.05, 4.69) is 41.0 Å². The van der Waals surface area contributed by atoms with Gasteiger partial charge in [0, 0.05) is 45.9 Å². The van der Waals surface area contributed by atoms with Gasteiger partial charge in [0.15, 0.2) is 0 Å². The fraction of sp³-hybridized carbons (Fsp3) is 0.647. The summed E-state index contributed by atoms with van der Waals surface area (Å²) in [6.07, 6.45) is -0.367. The molecule has 0 bridgehead atoms. The molecule has 4 nitrogen and oxygen atoms in total. The molecule has 118 valence electrons. The van der Waals surface area contributed by atoms with E-state index >= 15 is 0 Å². The van der Waals surface area contributed by atoms with Crippen molar-refractivity contribution >= 4 is 0 Å². The van der Waals surface area contributed by atoms with Gasteiger partial charge in [0.1, 0.15) is 0 Å². The van der Waals surface area contributed by atoms with Crippen LogP contribution in [0.1, 0.15) is 18.1 Å². The summed E-state index contributed by atoms with van der Waals surface area (Å²) in [4.78, 5) is 4.81. The highest BCUT2D eigenvalue weighted by Crippen LogP contribution is 2.10. The lowest BCUT2D eigenvalue weighted by Crippen LogP contribution is -2.48. The van der Waals surface area contributed by atoms with Gasteiger partial charge in [0.2, 0.25) is 0 Å². The zero-order chi connectivity index (χ0) is 15.1. The summed E-state index contributed by atoms with van der Waals surface area (Å²) in [6.45, 7) is 11.1. The Kier molecular flexibility index (Phi) is 6.64. The number of hydrogen-bond acceptors (Lipinski definition) is 4. The molecule has 0 amide bonds. The molecule has 0 aromatic heterocycles. The van der Waals surface area contributed by atoms with Gasteiger partial charge in [0.05, 0.1) is 12.7 Å². The molecule has 1 aromatic rings. The second-order valence-electron chi connectivity index (χ2n) is 5.88. The molecule has 2 rings (SSSR count). The molecule has 1 heterocycles. The number of nitrogens with zero attached hydrogens (tertiary/aromatic N) is 2. The Morgan fingerprint density at radius 1 is 1.10 bits per heavy atom. The zero-order valence-electron chi connectivity index (χ0n) is 13.3. The molecule has 1 aromatic carbocycles. The van der Waals surface area contributed by atoms with Crippen molar-refractivity contribution in [3.63, 3.8) is 0 Å². The second-order valence-corrected chi connectivity index (χ2v) is 5.88. The van der Waals surface area contributed by atoms with Crippen LogP contribution in [0.3, 0.4) is 0 Å². The summed E-state index contributed by atoms with van der Waals surface area (Å²) in [6, 6.07) is 8.78. The van der Waals surface area contributed by atoms with Crippen LogP contribution in [0, 0.1) is 6.92 Å². The van der Waals surface area contributed by atoms with Crippen molar-refractivity contribution in [1.29, 1.82) is 0 Å². The summed E-state index contributed by atoms with van der Waals surface area (Å²) < 4.78 is 5.26. The van der Waals surface area contributed by atoms with Gasteiger partial charge in [0.25, 0.3) is 0 Å². The third-order valence-electron chi connectivity index (χ3n) is 3.98. The molecule has 21 heavy (non-hydrogen) atoms. The molecule has 4 heteroatoms. The lowest BCUT2D eigenvalue weighted by atomic mass is 10.1. The number of aliphatic hydroxyl groups excluding tert-OH is 1. The Morgan fingerprint density at radius 3 is 2.33 bits per heavy atom. The van der Waals surface area contributed by atoms with Crippen LogP contribution in [-0.2, 0) is 11.3 Å². The standard InChI is InChI=1S/C17H28N2O2/c1-3-21-14-17(20)13-19-10-8-18(9-11-19)12-16-6-4-15(2)5-7-16/h4-7,17,20H,3,8-14H2,1-2H3. The van der Waals surface area contributed by atoms with Crippen LogP contribution in [0.2, 0.25) is 0 Å². The van der Waals surface area contributed by atoms with Gasteiger partial charge >= 0.3 is 0 Å². The number of rotatable bonds is 7. The number of aryl methyl sites for hydroxylation is 1. The summed E-state index contributed by atoms with van der Waals surface area (Å²) in [5.41, 5.74) is 2.69. The molecule has 1 atom stereocenters. The van der Waals surface area contributed by atoms with Gasteiger partial charge in [-0.1, -0.05) is 29.8 Å². The average molecular weight is 292 g/mol. The number of hydrogen-bond donors (Lipinski definition) is 1. The number of piperazine rings is 1. The second kappa shape index (κ2) is 8.49. The monoisotopic (exact) mass is 292 g/mol. The SMILES string of the molecule is CCOCC(O)CN1CCN(Cc2ccc(C)cc2)CC1. The molecule has 0 saturated carbocycles. The van der Waals surface area contributed by atoms with Crippen molar-refractivity contribution in [2.24, 2.45) is 0 Å². The molecule has 1 aliphatic rings. The van der Waals surface area contributed by atoms with Gasteiger partial charge in [-0.05, 0) is 19.4 Å². The van der Waals surface area contributed by atoms with Crippen molar-refractivity contribution < 1.29 is 9.84 Å². The Labute approximate surface area is 128 Å². The van der Waals surface area contributed by atoms with Crippen LogP contribution in [-0.4, -0.2) is 66.9 Å². The first-order valence-electron chi connectivity index (χ1n) is 7.93. The largest absolute Gasteiger partial charge is 0.389 e. The quantitative estimate of drug-likeness (QED) is 0.826. The van der Waals surface area contributed by atoms with Gasteiger partial charge < -0.3 is 9.84 Å². The first kappa shape index (κ1) is 16.4. The molecule has 0 spiro atoms. The van der Waals surface area contributed by atoms with Crippen LogP contribution in [0.5, 0.6) is 0 Å². The van der Waals surface area contributed by atoms with E-state index in [4.69, 9.17) is 4.74 Å². The zero-order valence-corrected chi connectivity index (χ0v) is 13.3. The van der Waals surface area contributed by atoms with Crippen molar-refractivity contribution in [3.8, 4) is 0 Å². The number of ether oxygens (including phenoxy) is 1. The van der Waals surface area contributed by atoms with Crippen LogP contribution < -0.4 is 0 Å². The van der Waals surface area contributed by atoms with E-state index in [9.17, 15) is 5.11 Å². The predicted octanol–water partition coefficient (Wildman–Crippen LogP) is 1.51. The van der Waals surface area contributed by atoms with Crippen molar-refractivity contribution in [2.45, 2.75) is 26.5 Å². The fourth-order valence-corrected chi connectivity index (χ4v) is 2.69. The van der Waals surface area contributed by atoms with Gasteiger partial charge in [-0.25, -0.2) is 0 Å². The normalized spacial score (nSPS) is 18.8. The van der Waals surface area contributed by atoms with E-state index in [1.54, 1.807) is 0 Å². The lowest BCUT2D eigenvalue weighted by molar-refractivity contribution is 0.0101. The molecular weight excluding hydrogens is 264 g/mol. The third kappa shape index (κ3) is 5.75. The Hall–Kier alpha value is -0.940. The molecular formula is C17H28N2O2. The Balaban J connectivity index is 1.69. The van der Waals surface area contributed by atoms with E-state index < -0.39 is 0 Å². The fourth-order valence-electron chi connectivity index (χ4n) is 2.69. The van der Waals surface area contributed by atoms with Crippen LogP contribution >= 0.6 is 0 Å². The molecule has 1 N–H and O–H groups in total. The lowest BCUT2D eigenvalue weighted by Gasteiger charge is -2.35. The molecule has 1 unspecified atom stereocenters. The molecule has 1 saturated heterocycles. The van der Waals surface area contributed by atoms with E-state index in [1.807, 2.05) is 6.92 Å². The maximum absolute atomic E-state index is 9.88. The van der Waals surface area contributed by atoms with Crippen LogP contribution in [0.25, 0.3) is 0 Å². The molecule has 1 fully saturated rings. The maximum atomic E-state index is 9.88. The van der Waals surface area contributed by atoms with Gasteiger partial charge in [-0.2, -0.15) is 0 Å². The minimum Gasteiger partial charge on any atom is -0.389 e. The van der Waals surface area contributed by atoms with Crippen molar-refractivity contribution in [2.75, 3.05) is 45.9 Å². The highest BCUT2D eigenvalue weighted by Gasteiger charge is 2.19. The Bertz CT molecular complexity index is 400. The summed E-state index contributed by atoms with van der Waals surface area (Å²) in [5, 5.41) is 9.88. The minimum atomic E-state index is -0.367. The summed E-state index contributed by atoms with van der Waals surface area (Å²) >= 11 is 0. The molecule has 0 aliphatic carbocycles. The van der Waals surface area contributed by atoms with E-state index in [0.717, 1.165) is 39.3 Å².